The Morgan fingerprint density at radius 2 is 2.29 bits per heavy atom. The van der Waals surface area contributed by atoms with E-state index in [0.29, 0.717) is 19.5 Å². The van der Waals surface area contributed by atoms with Gasteiger partial charge in [0.2, 0.25) is 5.91 Å². The van der Waals surface area contributed by atoms with Gasteiger partial charge in [-0.15, -0.1) is 0 Å². The summed E-state index contributed by atoms with van der Waals surface area (Å²) in [4.78, 5) is 30.4. The molecule has 0 aromatic carbocycles. The number of rotatable bonds is 4. The Hall–Kier alpha value is -2.48. The average molecular weight is 330 g/mol. The Morgan fingerprint density at radius 3 is 3.04 bits per heavy atom. The fourth-order valence-corrected chi connectivity index (χ4v) is 2.85. The maximum atomic E-state index is 12.4. The number of hydrogen-bond donors (Lipinski definition) is 1. The van der Waals surface area contributed by atoms with E-state index in [1.165, 1.54) is 4.68 Å². The predicted octanol–water partition coefficient (Wildman–Crippen LogP) is -0.238. The highest BCUT2D eigenvalue weighted by molar-refractivity contribution is 5.75. The Labute approximate surface area is 139 Å². The maximum absolute atomic E-state index is 12.4. The molecule has 0 spiro atoms. The largest absolute Gasteiger partial charge is 0.346 e. The molecule has 2 N–H and O–H groups in total. The SMILES string of the molecule is CN(Cc1cccnc1)C(=O)Cn1nc2n(c1=O)CCC(N)CC2. The third kappa shape index (κ3) is 3.53. The lowest BCUT2D eigenvalue weighted by atomic mass is 10.1. The average Bonchev–Trinajstić information content (AvgIpc) is 2.74. The monoisotopic (exact) mass is 330 g/mol. The van der Waals surface area contributed by atoms with Crippen molar-refractivity contribution in [2.45, 2.75) is 44.9 Å². The molecule has 3 rings (SSSR count). The van der Waals surface area contributed by atoms with E-state index in [1.54, 1.807) is 28.9 Å². The molecule has 8 heteroatoms. The van der Waals surface area contributed by atoms with Crippen LogP contribution in [0.4, 0.5) is 0 Å². The molecule has 1 amide bonds. The van der Waals surface area contributed by atoms with E-state index in [-0.39, 0.29) is 24.2 Å². The van der Waals surface area contributed by atoms with Crippen LogP contribution in [0.25, 0.3) is 0 Å². The first-order valence-corrected chi connectivity index (χ1v) is 8.09. The Morgan fingerprint density at radius 1 is 1.46 bits per heavy atom. The molecule has 1 aliphatic rings. The van der Waals surface area contributed by atoms with Crippen LogP contribution in [-0.2, 0) is 30.8 Å². The van der Waals surface area contributed by atoms with Gasteiger partial charge in [-0.05, 0) is 24.5 Å². The molecule has 3 heterocycles. The van der Waals surface area contributed by atoms with Gasteiger partial charge in [-0.2, -0.15) is 5.10 Å². The van der Waals surface area contributed by atoms with Gasteiger partial charge in [0.1, 0.15) is 12.4 Å². The molecule has 2 aromatic heterocycles. The number of nitrogens with two attached hydrogens (primary N) is 1. The molecular formula is C16H22N6O2. The van der Waals surface area contributed by atoms with Gasteiger partial charge in [-0.1, -0.05) is 6.07 Å². The highest BCUT2D eigenvalue weighted by Gasteiger charge is 2.20. The molecular weight excluding hydrogens is 308 g/mol. The number of amides is 1. The number of pyridine rings is 1. The molecule has 8 nitrogen and oxygen atoms in total. The second-order valence-electron chi connectivity index (χ2n) is 6.21. The van der Waals surface area contributed by atoms with E-state index in [0.717, 1.165) is 24.2 Å². The summed E-state index contributed by atoms with van der Waals surface area (Å²) in [5.74, 6) is 0.557. The maximum Gasteiger partial charge on any atom is 0.346 e. The molecule has 2 aromatic rings. The first-order chi connectivity index (χ1) is 11.5. The minimum atomic E-state index is -0.234. The second-order valence-corrected chi connectivity index (χ2v) is 6.21. The van der Waals surface area contributed by atoms with Crippen molar-refractivity contribution in [1.29, 1.82) is 0 Å². The van der Waals surface area contributed by atoms with Gasteiger partial charge >= 0.3 is 5.69 Å². The molecule has 0 fully saturated rings. The second kappa shape index (κ2) is 6.96. The summed E-state index contributed by atoms with van der Waals surface area (Å²) in [7, 11) is 1.71. The van der Waals surface area contributed by atoms with Gasteiger partial charge in [0.05, 0.1) is 0 Å². The fourth-order valence-electron chi connectivity index (χ4n) is 2.85. The first-order valence-electron chi connectivity index (χ1n) is 8.09. The zero-order valence-electron chi connectivity index (χ0n) is 13.8. The molecule has 0 saturated heterocycles. The number of carbonyl (C=O) groups excluding carboxylic acids is 1. The van der Waals surface area contributed by atoms with Crippen molar-refractivity contribution in [3.63, 3.8) is 0 Å². The van der Waals surface area contributed by atoms with E-state index < -0.39 is 0 Å². The fraction of sp³-hybridized carbons (Fsp3) is 0.500. The van der Waals surface area contributed by atoms with Crippen LogP contribution in [0.15, 0.2) is 29.3 Å². The first kappa shape index (κ1) is 16.4. The summed E-state index contributed by atoms with van der Waals surface area (Å²) in [6.45, 7) is 0.959. The lowest BCUT2D eigenvalue weighted by molar-refractivity contribution is -0.131. The van der Waals surface area contributed by atoms with Gasteiger partial charge in [-0.3, -0.25) is 14.3 Å². The molecule has 0 aliphatic carbocycles. The lowest BCUT2D eigenvalue weighted by Crippen LogP contribution is -2.35. The van der Waals surface area contributed by atoms with Crippen LogP contribution in [0, 0.1) is 0 Å². The topological polar surface area (TPSA) is 99.0 Å². The van der Waals surface area contributed by atoms with Crippen molar-refractivity contribution in [1.82, 2.24) is 24.2 Å². The van der Waals surface area contributed by atoms with Crippen LogP contribution in [-0.4, -0.2) is 43.2 Å². The summed E-state index contributed by atoms with van der Waals surface area (Å²) in [5, 5.41) is 4.33. The summed E-state index contributed by atoms with van der Waals surface area (Å²) in [6, 6.07) is 3.84. The van der Waals surface area contributed by atoms with Crippen LogP contribution in [0.2, 0.25) is 0 Å². The quantitative estimate of drug-likeness (QED) is 0.834. The Bertz CT molecular complexity index is 767. The normalized spacial score (nSPS) is 17.2. The van der Waals surface area contributed by atoms with E-state index in [1.807, 2.05) is 12.1 Å². The number of hydrogen-bond acceptors (Lipinski definition) is 5. The van der Waals surface area contributed by atoms with Crippen molar-refractivity contribution >= 4 is 5.91 Å². The van der Waals surface area contributed by atoms with Gasteiger partial charge in [0.25, 0.3) is 0 Å². The molecule has 1 aliphatic heterocycles. The van der Waals surface area contributed by atoms with Crippen LogP contribution >= 0.6 is 0 Å². The van der Waals surface area contributed by atoms with Gasteiger partial charge in [0, 0.05) is 45.0 Å². The van der Waals surface area contributed by atoms with E-state index >= 15 is 0 Å². The van der Waals surface area contributed by atoms with Crippen LogP contribution in [0.5, 0.6) is 0 Å². The summed E-state index contributed by atoms with van der Waals surface area (Å²) < 4.78 is 2.90. The molecule has 128 valence electrons. The Kier molecular flexibility index (Phi) is 4.75. The minimum Gasteiger partial charge on any atom is -0.340 e. The van der Waals surface area contributed by atoms with Gasteiger partial charge < -0.3 is 10.6 Å². The van der Waals surface area contributed by atoms with E-state index in [9.17, 15) is 9.59 Å². The third-order valence-corrected chi connectivity index (χ3v) is 4.31. The smallest absolute Gasteiger partial charge is 0.340 e. The van der Waals surface area contributed by atoms with E-state index in [2.05, 4.69) is 10.1 Å². The molecule has 1 unspecified atom stereocenters. The van der Waals surface area contributed by atoms with Crippen molar-refractivity contribution in [3.05, 3.63) is 46.4 Å². The van der Waals surface area contributed by atoms with Crippen molar-refractivity contribution in [2.24, 2.45) is 5.73 Å². The highest BCUT2D eigenvalue weighted by atomic mass is 16.2. The van der Waals surface area contributed by atoms with Crippen molar-refractivity contribution in [2.75, 3.05) is 7.05 Å². The summed E-state index contributed by atoms with van der Waals surface area (Å²) in [5.41, 5.74) is 6.65. The standard InChI is InChI=1S/C16H22N6O2/c1-20(10-12-3-2-7-18-9-12)15(23)11-22-16(24)21-8-6-13(17)4-5-14(21)19-22/h2-3,7,9,13H,4-6,8,10-11,17H2,1H3. The minimum absolute atomic E-state index is 0.0539. The zero-order chi connectivity index (χ0) is 17.1. The summed E-state index contributed by atoms with van der Waals surface area (Å²) >= 11 is 0. The molecule has 0 saturated carbocycles. The number of nitrogens with zero attached hydrogens (tertiary/aromatic N) is 5. The van der Waals surface area contributed by atoms with Gasteiger partial charge in [0.15, 0.2) is 0 Å². The van der Waals surface area contributed by atoms with Crippen LogP contribution in [0.3, 0.4) is 0 Å². The predicted molar refractivity (Wildman–Crippen MR) is 88.1 cm³/mol. The van der Waals surface area contributed by atoms with E-state index in [4.69, 9.17) is 5.73 Å². The highest BCUT2D eigenvalue weighted by Crippen LogP contribution is 2.10. The molecule has 24 heavy (non-hydrogen) atoms. The number of carbonyl (C=O) groups is 1. The van der Waals surface area contributed by atoms with Crippen molar-refractivity contribution < 1.29 is 4.79 Å². The molecule has 0 bridgehead atoms. The number of aryl methyl sites for hydroxylation is 1. The van der Waals surface area contributed by atoms with Crippen LogP contribution in [0.1, 0.15) is 24.2 Å². The Balaban J connectivity index is 1.69. The number of fused-ring (bicyclic) bond motifs is 1. The lowest BCUT2D eigenvalue weighted by Gasteiger charge is -2.16. The number of aromatic nitrogens is 4. The van der Waals surface area contributed by atoms with Gasteiger partial charge in [-0.25, -0.2) is 9.48 Å². The van der Waals surface area contributed by atoms with Crippen molar-refractivity contribution in [3.8, 4) is 0 Å². The zero-order valence-corrected chi connectivity index (χ0v) is 13.8. The summed E-state index contributed by atoms with van der Waals surface area (Å²) in [6.07, 6.45) is 5.65. The number of likely N-dealkylation sites (N-methyl/N-ethyl adjacent to an activating group) is 1. The molecule has 0 radical (unpaired) electrons. The van der Waals surface area contributed by atoms with Crippen LogP contribution < -0.4 is 11.4 Å². The third-order valence-electron chi connectivity index (χ3n) is 4.31. The molecule has 1 atom stereocenters.